The summed E-state index contributed by atoms with van der Waals surface area (Å²) in [6.07, 6.45) is 2.88. The second kappa shape index (κ2) is 12.9. The number of nitrogens with zero attached hydrogens (tertiary/aromatic N) is 1. The number of benzene rings is 3. The fourth-order valence-electron chi connectivity index (χ4n) is 4.52. The Balaban J connectivity index is 1.60. The lowest BCUT2D eigenvalue weighted by molar-refractivity contribution is -0.141. The largest absolute Gasteiger partial charge is 0.497 e. The molecule has 3 aromatic rings. The third kappa shape index (κ3) is 6.95. The number of amides is 2. The van der Waals surface area contributed by atoms with Crippen LogP contribution in [0, 0.1) is 0 Å². The van der Waals surface area contributed by atoms with Crippen molar-refractivity contribution in [3.63, 3.8) is 0 Å². The van der Waals surface area contributed by atoms with Crippen LogP contribution in [0.5, 0.6) is 5.75 Å². The van der Waals surface area contributed by atoms with Crippen LogP contribution < -0.4 is 10.1 Å². The van der Waals surface area contributed by atoms with Gasteiger partial charge in [0, 0.05) is 26.1 Å². The molecule has 6 nitrogen and oxygen atoms in total. The fourth-order valence-corrected chi connectivity index (χ4v) is 4.52. The Bertz CT molecular complexity index is 1100. The summed E-state index contributed by atoms with van der Waals surface area (Å²) < 4.78 is 11.0. The van der Waals surface area contributed by atoms with Crippen LogP contribution in [0.2, 0.25) is 0 Å². The van der Waals surface area contributed by atoms with Crippen molar-refractivity contribution >= 4 is 11.8 Å². The molecule has 1 aliphatic heterocycles. The first-order chi connectivity index (χ1) is 17.6. The Morgan fingerprint density at radius 3 is 2.31 bits per heavy atom. The number of carbonyl (C=O) groups excluding carboxylic acids is 2. The summed E-state index contributed by atoms with van der Waals surface area (Å²) in [6.45, 7) is 1.48. The van der Waals surface area contributed by atoms with Crippen LogP contribution in [-0.4, -0.2) is 43.1 Å². The molecule has 0 radical (unpaired) electrons. The normalized spacial score (nSPS) is 15.8. The summed E-state index contributed by atoms with van der Waals surface area (Å²) in [5.74, 6) is 0.476. The lowest BCUT2D eigenvalue weighted by atomic mass is 10.0. The zero-order chi connectivity index (χ0) is 25.2. The Kier molecular flexibility index (Phi) is 9.11. The van der Waals surface area contributed by atoms with Crippen LogP contribution >= 0.6 is 0 Å². The van der Waals surface area contributed by atoms with Gasteiger partial charge in [0.25, 0.3) is 0 Å². The highest BCUT2D eigenvalue weighted by molar-refractivity contribution is 5.88. The molecule has 0 aliphatic carbocycles. The summed E-state index contributed by atoms with van der Waals surface area (Å²) >= 11 is 0. The van der Waals surface area contributed by atoms with Crippen LogP contribution in [0.15, 0.2) is 84.9 Å². The zero-order valence-electron chi connectivity index (χ0n) is 20.8. The van der Waals surface area contributed by atoms with Gasteiger partial charge in [-0.05, 0) is 48.1 Å². The lowest BCUT2D eigenvalue weighted by Gasteiger charge is -2.32. The first-order valence-electron chi connectivity index (χ1n) is 12.5. The molecule has 0 spiro atoms. The Labute approximate surface area is 213 Å². The van der Waals surface area contributed by atoms with E-state index in [1.807, 2.05) is 84.9 Å². The van der Waals surface area contributed by atoms with Crippen molar-refractivity contribution in [2.24, 2.45) is 0 Å². The Hall–Kier alpha value is -3.64. The number of ether oxygens (including phenoxy) is 2. The topological polar surface area (TPSA) is 67.9 Å². The number of hydrogen-bond acceptors (Lipinski definition) is 4. The molecule has 3 aromatic carbocycles. The van der Waals surface area contributed by atoms with Crippen LogP contribution in [-0.2, 0) is 27.3 Å². The fraction of sp³-hybridized carbons (Fsp3) is 0.333. The summed E-state index contributed by atoms with van der Waals surface area (Å²) in [5.41, 5.74) is 2.80. The number of carbonyl (C=O) groups is 2. The van der Waals surface area contributed by atoms with E-state index < -0.39 is 6.04 Å². The van der Waals surface area contributed by atoms with Crippen LogP contribution in [0.3, 0.4) is 0 Å². The third-order valence-corrected chi connectivity index (χ3v) is 6.51. The van der Waals surface area contributed by atoms with E-state index in [9.17, 15) is 9.59 Å². The van der Waals surface area contributed by atoms with E-state index in [4.69, 9.17) is 9.47 Å². The maximum atomic E-state index is 13.7. The maximum Gasteiger partial charge on any atom is 0.247 e. The summed E-state index contributed by atoms with van der Waals surface area (Å²) in [5, 5.41) is 3.06. The number of methoxy groups -OCH3 is 1. The third-order valence-electron chi connectivity index (χ3n) is 6.51. The van der Waals surface area contributed by atoms with Gasteiger partial charge in [0.05, 0.1) is 13.2 Å². The minimum atomic E-state index is -0.752. The summed E-state index contributed by atoms with van der Waals surface area (Å²) in [7, 11) is 1.62. The number of nitrogens with one attached hydrogen (secondary N) is 1. The smallest absolute Gasteiger partial charge is 0.247 e. The minimum absolute atomic E-state index is 0.0224. The molecule has 188 valence electrons. The lowest BCUT2D eigenvalue weighted by Crippen LogP contribution is -2.45. The van der Waals surface area contributed by atoms with E-state index in [2.05, 4.69) is 5.32 Å². The molecule has 0 aromatic heterocycles. The van der Waals surface area contributed by atoms with Crippen molar-refractivity contribution in [2.45, 2.75) is 44.4 Å². The van der Waals surface area contributed by atoms with Gasteiger partial charge in [-0.1, -0.05) is 72.8 Å². The molecule has 2 atom stereocenters. The van der Waals surface area contributed by atoms with E-state index >= 15 is 0 Å². The average Bonchev–Trinajstić information content (AvgIpc) is 3.45. The van der Waals surface area contributed by atoms with Gasteiger partial charge in [0.2, 0.25) is 11.8 Å². The molecule has 4 rings (SSSR count). The summed E-state index contributed by atoms with van der Waals surface area (Å²) in [4.78, 5) is 29.1. The quantitative estimate of drug-likeness (QED) is 0.427. The molecule has 1 saturated heterocycles. The first kappa shape index (κ1) is 25.5. The number of rotatable bonds is 11. The van der Waals surface area contributed by atoms with Crippen LogP contribution in [0.25, 0.3) is 0 Å². The Morgan fingerprint density at radius 2 is 1.67 bits per heavy atom. The molecule has 0 unspecified atom stereocenters. The van der Waals surface area contributed by atoms with Crippen LogP contribution in [0.1, 0.15) is 42.0 Å². The number of aryl methyl sites for hydroxylation is 1. The van der Waals surface area contributed by atoms with Gasteiger partial charge >= 0.3 is 0 Å². The van der Waals surface area contributed by atoms with Gasteiger partial charge in [-0.2, -0.15) is 0 Å². The van der Waals surface area contributed by atoms with Crippen molar-refractivity contribution in [2.75, 3.05) is 20.3 Å². The van der Waals surface area contributed by atoms with Gasteiger partial charge < -0.3 is 19.7 Å². The van der Waals surface area contributed by atoms with Crippen molar-refractivity contribution in [3.8, 4) is 5.75 Å². The molecule has 1 heterocycles. The number of hydrogen-bond donors (Lipinski definition) is 1. The zero-order valence-corrected chi connectivity index (χ0v) is 20.8. The highest BCUT2D eigenvalue weighted by atomic mass is 16.5. The maximum absolute atomic E-state index is 13.7. The van der Waals surface area contributed by atoms with Crippen molar-refractivity contribution in [1.29, 1.82) is 0 Å². The predicted molar refractivity (Wildman–Crippen MR) is 139 cm³/mol. The second-order valence-electron chi connectivity index (χ2n) is 9.05. The van der Waals surface area contributed by atoms with Gasteiger partial charge in [-0.25, -0.2) is 0 Å². The molecule has 6 heteroatoms. The standard InChI is InChI=1S/C30H34N2O4/c1-35-26-17-14-24(15-18-26)22-32(28(33)19-16-23-9-4-2-5-10-23)29(25-11-6-3-7-12-25)30(34)31-21-27-13-8-20-36-27/h2-7,9-12,14-15,17-18,27,29H,8,13,16,19-22H2,1H3,(H,31,34)/t27-,29+/m1/s1. The molecule has 0 bridgehead atoms. The molecule has 1 fully saturated rings. The van der Waals surface area contributed by atoms with E-state index in [0.29, 0.717) is 25.9 Å². The molecular formula is C30H34N2O4. The highest BCUT2D eigenvalue weighted by Crippen LogP contribution is 2.26. The second-order valence-corrected chi connectivity index (χ2v) is 9.05. The van der Waals surface area contributed by atoms with E-state index in [0.717, 1.165) is 41.9 Å². The monoisotopic (exact) mass is 486 g/mol. The molecular weight excluding hydrogens is 452 g/mol. The van der Waals surface area contributed by atoms with E-state index in [1.54, 1.807) is 12.0 Å². The van der Waals surface area contributed by atoms with E-state index in [-0.39, 0.29) is 17.9 Å². The van der Waals surface area contributed by atoms with Crippen molar-refractivity contribution < 1.29 is 19.1 Å². The molecule has 0 saturated carbocycles. The van der Waals surface area contributed by atoms with Gasteiger partial charge in [-0.15, -0.1) is 0 Å². The average molecular weight is 487 g/mol. The first-order valence-corrected chi connectivity index (χ1v) is 12.5. The van der Waals surface area contributed by atoms with Gasteiger partial charge in [0.15, 0.2) is 0 Å². The van der Waals surface area contributed by atoms with Gasteiger partial charge in [-0.3, -0.25) is 9.59 Å². The molecule has 2 amide bonds. The highest BCUT2D eigenvalue weighted by Gasteiger charge is 2.32. The minimum Gasteiger partial charge on any atom is -0.497 e. The molecule has 1 aliphatic rings. The SMILES string of the molecule is COc1ccc(CN(C(=O)CCc2ccccc2)[C@H](C(=O)NC[C@H]2CCCO2)c2ccccc2)cc1. The predicted octanol–water partition coefficient (Wildman–Crippen LogP) is 4.69. The van der Waals surface area contributed by atoms with Crippen molar-refractivity contribution in [3.05, 3.63) is 102 Å². The van der Waals surface area contributed by atoms with Crippen molar-refractivity contribution in [1.82, 2.24) is 10.2 Å². The van der Waals surface area contributed by atoms with Gasteiger partial charge in [0.1, 0.15) is 11.8 Å². The Morgan fingerprint density at radius 1 is 0.972 bits per heavy atom. The molecule has 36 heavy (non-hydrogen) atoms. The summed E-state index contributed by atoms with van der Waals surface area (Å²) in [6, 6.07) is 26.3. The molecule has 1 N–H and O–H groups in total. The van der Waals surface area contributed by atoms with E-state index in [1.165, 1.54) is 0 Å². The van der Waals surface area contributed by atoms with Crippen LogP contribution in [0.4, 0.5) is 0 Å².